The summed E-state index contributed by atoms with van der Waals surface area (Å²) in [5, 5.41) is 0. The number of aliphatic imine (C=N–C) groups is 1. The molecule has 0 aromatic carbocycles. The molecule has 0 fully saturated rings. The highest BCUT2D eigenvalue weighted by Gasteiger charge is 2.13. The molecule has 2 rings (SSSR count). The second-order valence-corrected chi connectivity index (χ2v) is 3.11. The minimum absolute atomic E-state index is 1.18. The quantitative estimate of drug-likeness (QED) is 0.519. The third-order valence-corrected chi connectivity index (χ3v) is 2.37. The Labute approximate surface area is 75.6 Å². The smallest absolute Gasteiger partial charge is 0.0391 e. The molecule has 1 nitrogen and oxygen atoms in total. The van der Waals surface area contributed by atoms with E-state index in [0.29, 0.717) is 0 Å². The van der Waals surface area contributed by atoms with Gasteiger partial charge in [-0.25, -0.2) is 0 Å². The van der Waals surface area contributed by atoms with Crippen LogP contribution in [0.15, 0.2) is 16.3 Å². The van der Waals surface area contributed by atoms with Crippen molar-refractivity contribution in [3.63, 3.8) is 0 Å². The van der Waals surface area contributed by atoms with Gasteiger partial charge in [-0.05, 0) is 44.1 Å². The normalized spacial score (nSPS) is 21.2. The van der Waals surface area contributed by atoms with E-state index in [-0.39, 0.29) is 0 Å². The summed E-state index contributed by atoms with van der Waals surface area (Å²) in [7, 11) is 0. The summed E-state index contributed by atoms with van der Waals surface area (Å²) in [6.45, 7) is 4.00. The molecule has 12 heavy (non-hydrogen) atoms. The summed E-state index contributed by atoms with van der Waals surface area (Å²) < 4.78 is 0. The van der Waals surface area contributed by atoms with Gasteiger partial charge in [-0.2, -0.15) is 0 Å². The molecule has 1 heterocycles. The number of hydrogen-bond acceptors (Lipinski definition) is 1. The predicted molar refractivity (Wildman–Crippen MR) is 54.6 cm³/mol. The van der Waals surface area contributed by atoms with E-state index in [4.69, 9.17) is 0 Å². The van der Waals surface area contributed by atoms with Gasteiger partial charge in [-0.15, -0.1) is 0 Å². The molecule has 0 bridgehead atoms. The van der Waals surface area contributed by atoms with Crippen LogP contribution in [0.1, 0.15) is 52.4 Å². The van der Waals surface area contributed by atoms with Crippen LogP contribution in [0.2, 0.25) is 0 Å². The fourth-order valence-electron chi connectivity index (χ4n) is 1.79. The van der Waals surface area contributed by atoms with Crippen molar-refractivity contribution in [2.45, 2.75) is 52.4 Å². The van der Waals surface area contributed by atoms with Crippen molar-refractivity contribution >= 4 is 6.21 Å². The van der Waals surface area contributed by atoms with Crippen LogP contribution < -0.4 is 0 Å². The molecule has 0 amide bonds. The summed E-state index contributed by atoms with van der Waals surface area (Å²) in [4.78, 5) is 4.41. The lowest BCUT2D eigenvalue weighted by molar-refractivity contribution is 0.639. The first kappa shape index (κ1) is 9.50. The number of allylic oxidation sites excluding steroid dienone is 2. The molecule has 0 spiro atoms. The van der Waals surface area contributed by atoms with Crippen LogP contribution in [-0.4, -0.2) is 6.21 Å². The highest BCUT2D eigenvalue weighted by atomic mass is 14.7. The van der Waals surface area contributed by atoms with Crippen molar-refractivity contribution in [2.24, 2.45) is 4.99 Å². The van der Waals surface area contributed by atoms with Gasteiger partial charge in [-0.1, -0.05) is 13.8 Å². The molecule has 0 aromatic heterocycles. The fourth-order valence-corrected chi connectivity index (χ4v) is 1.79. The van der Waals surface area contributed by atoms with Crippen molar-refractivity contribution in [3.8, 4) is 0 Å². The Bertz CT molecular complexity index is 189. The molecule has 1 heteroatoms. The summed E-state index contributed by atoms with van der Waals surface area (Å²) in [5.41, 5.74) is 3.06. The molecule has 2 aliphatic rings. The highest BCUT2D eigenvalue weighted by Crippen LogP contribution is 2.30. The zero-order chi connectivity index (χ0) is 8.81. The van der Waals surface area contributed by atoms with Crippen molar-refractivity contribution in [3.05, 3.63) is 11.3 Å². The minimum atomic E-state index is 1.18. The lowest BCUT2D eigenvalue weighted by Gasteiger charge is -2.19. The van der Waals surface area contributed by atoms with Crippen LogP contribution in [0.4, 0.5) is 0 Å². The fraction of sp³-hybridized carbons (Fsp3) is 0.727. The second kappa shape index (κ2) is 5.13. The number of rotatable bonds is 0. The van der Waals surface area contributed by atoms with Crippen molar-refractivity contribution in [2.75, 3.05) is 0 Å². The molecular formula is C11H19N. The summed E-state index contributed by atoms with van der Waals surface area (Å²) >= 11 is 0. The van der Waals surface area contributed by atoms with Crippen LogP contribution >= 0.6 is 0 Å². The van der Waals surface area contributed by atoms with E-state index in [0.717, 1.165) is 0 Å². The van der Waals surface area contributed by atoms with Gasteiger partial charge in [-0.3, -0.25) is 4.99 Å². The van der Waals surface area contributed by atoms with Gasteiger partial charge in [0.2, 0.25) is 0 Å². The topological polar surface area (TPSA) is 12.4 Å². The van der Waals surface area contributed by atoms with Crippen LogP contribution in [0.25, 0.3) is 0 Å². The number of nitrogens with zero attached hydrogens (tertiary/aromatic N) is 1. The Morgan fingerprint density at radius 3 is 2.58 bits per heavy atom. The standard InChI is InChI=1S/C9H13N.C2H6/c1-2-6-9-8(4-1)5-3-7-10-9;1-2/h7H,1-6H2;1-2H3. The van der Waals surface area contributed by atoms with E-state index in [9.17, 15) is 0 Å². The monoisotopic (exact) mass is 165 g/mol. The first-order valence-electron chi connectivity index (χ1n) is 5.20. The molecule has 0 N–H and O–H groups in total. The van der Waals surface area contributed by atoms with Crippen molar-refractivity contribution < 1.29 is 0 Å². The van der Waals surface area contributed by atoms with E-state index in [1.807, 2.05) is 13.8 Å². The lowest BCUT2D eigenvalue weighted by Crippen LogP contribution is -2.02. The van der Waals surface area contributed by atoms with Gasteiger partial charge in [0, 0.05) is 11.9 Å². The molecule has 1 aliphatic carbocycles. The van der Waals surface area contributed by atoms with E-state index < -0.39 is 0 Å². The zero-order valence-electron chi connectivity index (χ0n) is 8.27. The maximum absolute atomic E-state index is 4.41. The van der Waals surface area contributed by atoms with Crippen LogP contribution in [0.3, 0.4) is 0 Å². The Morgan fingerprint density at radius 2 is 1.83 bits per heavy atom. The van der Waals surface area contributed by atoms with Gasteiger partial charge in [0.15, 0.2) is 0 Å². The molecule has 0 saturated carbocycles. The third-order valence-electron chi connectivity index (χ3n) is 2.37. The van der Waals surface area contributed by atoms with Crippen LogP contribution in [-0.2, 0) is 0 Å². The summed E-state index contributed by atoms with van der Waals surface area (Å²) in [5.74, 6) is 0. The third kappa shape index (κ3) is 2.20. The van der Waals surface area contributed by atoms with Crippen molar-refractivity contribution in [1.29, 1.82) is 0 Å². The Morgan fingerprint density at radius 1 is 1.08 bits per heavy atom. The predicted octanol–water partition coefficient (Wildman–Crippen LogP) is 3.71. The molecule has 0 radical (unpaired) electrons. The van der Waals surface area contributed by atoms with Gasteiger partial charge in [0.1, 0.15) is 0 Å². The average Bonchev–Trinajstić information content (AvgIpc) is 2.21. The van der Waals surface area contributed by atoms with Gasteiger partial charge in [0.05, 0.1) is 0 Å². The molecule has 0 unspecified atom stereocenters. The minimum Gasteiger partial charge on any atom is -0.266 e. The van der Waals surface area contributed by atoms with E-state index in [1.54, 1.807) is 5.57 Å². The molecule has 0 saturated heterocycles. The molecule has 1 aliphatic heterocycles. The van der Waals surface area contributed by atoms with E-state index in [2.05, 4.69) is 11.2 Å². The molecule has 0 aromatic rings. The van der Waals surface area contributed by atoms with E-state index in [1.165, 1.54) is 44.2 Å². The van der Waals surface area contributed by atoms with Crippen LogP contribution in [0.5, 0.6) is 0 Å². The SMILES string of the molecule is C1=NC2=C(CC1)CCCC2.CC. The molecule has 0 atom stereocenters. The van der Waals surface area contributed by atoms with Gasteiger partial charge < -0.3 is 0 Å². The Hall–Kier alpha value is -0.590. The van der Waals surface area contributed by atoms with Crippen molar-refractivity contribution in [1.82, 2.24) is 0 Å². The Balaban J connectivity index is 0.000000336. The highest BCUT2D eigenvalue weighted by molar-refractivity contribution is 5.61. The van der Waals surface area contributed by atoms with Gasteiger partial charge in [0.25, 0.3) is 0 Å². The largest absolute Gasteiger partial charge is 0.266 e. The molecule has 68 valence electrons. The van der Waals surface area contributed by atoms with E-state index >= 15 is 0 Å². The maximum Gasteiger partial charge on any atom is 0.0391 e. The first-order chi connectivity index (χ1) is 5.97. The Kier molecular flexibility index (Phi) is 4.06. The average molecular weight is 165 g/mol. The first-order valence-corrected chi connectivity index (χ1v) is 5.20. The zero-order valence-corrected chi connectivity index (χ0v) is 8.27. The number of hydrogen-bond donors (Lipinski definition) is 0. The lowest BCUT2D eigenvalue weighted by atomic mass is 9.92. The summed E-state index contributed by atoms with van der Waals surface area (Å²) in [6.07, 6.45) is 9.87. The molecular weight excluding hydrogens is 146 g/mol. The summed E-state index contributed by atoms with van der Waals surface area (Å²) in [6, 6.07) is 0. The maximum atomic E-state index is 4.41. The van der Waals surface area contributed by atoms with Gasteiger partial charge >= 0.3 is 0 Å². The second-order valence-electron chi connectivity index (χ2n) is 3.11. The van der Waals surface area contributed by atoms with Crippen LogP contribution in [0, 0.1) is 0 Å².